The van der Waals surface area contributed by atoms with Crippen LogP contribution in [0.4, 0.5) is 0 Å². The van der Waals surface area contributed by atoms with E-state index in [1.54, 1.807) is 31.2 Å². The molecule has 3 aromatic rings. The number of aryl methyl sites for hydroxylation is 1. The second-order valence-corrected chi connectivity index (χ2v) is 6.63. The number of ether oxygens (including phenoxy) is 3. The fourth-order valence-corrected chi connectivity index (χ4v) is 2.99. The highest BCUT2D eigenvalue weighted by atomic mass is 16.7. The Labute approximate surface area is 171 Å². The van der Waals surface area contributed by atoms with Gasteiger partial charge in [0.05, 0.1) is 11.4 Å². The molecule has 0 N–H and O–H groups in total. The van der Waals surface area contributed by atoms with Crippen molar-refractivity contribution >= 4 is 17.3 Å². The summed E-state index contributed by atoms with van der Waals surface area (Å²) < 4.78 is 17.2. The van der Waals surface area contributed by atoms with E-state index >= 15 is 0 Å². The van der Waals surface area contributed by atoms with Crippen molar-refractivity contribution < 1.29 is 23.8 Å². The maximum Gasteiger partial charge on any atom is 0.347 e. The SMILES string of the molecule is C/C(=N/OCC(=O)OCc1cc(=O)n2c(C)cccc2n1)c1ccc2c(c1)OCO2. The largest absolute Gasteiger partial charge is 0.457 e. The minimum atomic E-state index is -0.622. The number of carbonyl (C=O) groups is 1. The first-order valence-corrected chi connectivity index (χ1v) is 9.22. The molecule has 1 aliphatic heterocycles. The molecule has 0 atom stereocenters. The van der Waals surface area contributed by atoms with E-state index in [1.165, 1.54) is 10.5 Å². The Morgan fingerprint density at radius 2 is 2.03 bits per heavy atom. The third-order valence-electron chi connectivity index (χ3n) is 4.49. The molecular formula is C21H19N3O6. The lowest BCUT2D eigenvalue weighted by Gasteiger charge is -2.07. The molecule has 0 radical (unpaired) electrons. The van der Waals surface area contributed by atoms with Crippen molar-refractivity contribution in [3.8, 4) is 11.5 Å². The molecule has 0 aliphatic carbocycles. The van der Waals surface area contributed by atoms with Crippen LogP contribution in [0.5, 0.6) is 11.5 Å². The third-order valence-corrected chi connectivity index (χ3v) is 4.49. The summed E-state index contributed by atoms with van der Waals surface area (Å²) in [5, 5.41) is 3.93. The molecule has 4 rings (SSSR count). The summed E-state index contributed by atoms with van der Waals surface area (Å²) in [4.78, 5) is 33.6. The van der Waals surface area contributed by atoms with Gasteiger partial charge in [-0.05, 0) is 44.2 Å². The van der Waals surface area contributed by atoms with E-state index < -0.39 is 5.97 Å². The van der Waals surface area contributed by atoms with Gasteiger partial charge in [0, 0.05) is 17.3 Å². The first-order valence-electron chi connectivity index (χ1n) is 9.22. The molecule has 1 aromatic carbocycles. The van der Waals surface area contributed by atoms with Crippen LogP contribution in [0, 0.1) is 6.92 Å². The van der Waals surface area contributed by atoms with E-state index in [4.69, 9.17) is 19.0 Å². The summed E-state index contributed by atoms with van der Waals surface area (Å²) in [5.41, 5.74) is 2.75. The van der Waals surface area contributed by atoms with Crippen LogP contribution in [-0.4, -0.2) is 34.5 Å². The predicted molar refractivity (Wildman–Crippen MR) is 107 cm³/mol. The van der Waals surface area contributed by atoms with Crippen molar-refractivity contribution in [3.63, 3.8) is 0 Å². The summed E-state index contributed by atoms with van der Waals surface area (Å²) >= 11 is 0. The van der Waals surface area contributed by atoms with Gasteiger partial charge >= 0.3 is 5.97 Å². The fraction of sp³-hybridized carbons (Fsp3) is 0.238. The predicted octanol–water partition coefficient (Wildman–Crippen LogP) is 2.22. The van der Waals surface area contributed by atoms with Crippen LogP contribution >= 0.6 is 0 Å². The molecule has 0 fully saturated rings. The van der Waals surface area contributed by atoms with Crippen molar-refractivity contribution in [1.29, 1.82) is 0 Å². The summed E-state index contributed by atoms with van der Waals surface area (Å²) in [6.07, 6.45) is 0. The van der Waals surface area contributed by atoms with E-state index in [0.29, 0.717) is 28.6 Å². The number of oxime groups is 1. The zero-order chi connectivity index (χ0) is 21.1. The third kappa shape index (κ3) is 4.09. The highest BCUT2D eigenvalue weighted by molar-refractivity contribution is 5.99. The highest BCUT2D eigenvalue weighted by Crippen LogP contribution is 2.32. The Balaban J connectivity index is 1.32. The van der Waals surface area contributed by atoms with Crippen LogP contribution in [0.25, 0.3) is 5.65 Å². The number of nitrogens with zero attached hydrogens (tertiary/aromatic N) is 3. The van der Waals surface area contributed by atoms with Gasteiger partial charge in [0.25, 0.3) is 5.56 Å². The number of hydrogen-bond donors (Lipinski definition) is 0. The van der Waals surface area contributed by atoms with E-state index in [-0.39, 0.29) is 25.6 Å². The minimum Gasteiger partial charge on any atom is -0.457 e. The van der Waals surface area contributed by atoms with Gasteiger partial charge in [-0.3, -0.25) is 9.20 Å². The van der Waals surface area contributed by atoms with E-state index in [9.17, 15) is 9.59 Å². The van der Waals surface area contributed by atoms with Gasteiger partial charge in [-0.15, -0.1) is 0 Å². The van der Waals surface area contributed by atoms with Crippen molar-refractivity contribution in [2.45, 2.75) is 20.5 Å². The van der Waals surface area contributed by atoms with Gasteiger partial charge in [0.15, 0.2) is 11.5 Å². The maximum atomic E-state index is 12.2. The number of hydrogen-bond acceptors (Lipinski definition) is 8. The molecule has 3 heterocycles. The second-order valence-electron chi connectivity index (χ2n) is 6.63. The Morgan fingerprint density at radius 1 is 1.20 bits per heavy atom. The van der Waals surface area contributed by atoms with Crippen LogP contribution in [0.3, 0.4) is 0 Å². The monoisotopic (exact) mass is 409 g/mol. The average Bonchev–Trinajstić information content (AvgIpc) is 3.20. The zero-order valence-corrected chi connectivity index (χ0v) is 16.5. The molecule has 30 heavy (non-hydrogen) atoms. The number of fused-ring (bicyclic) bond motifs is 2. The summed E-state index contributed by atoms with van der Waals surface area (Å²) in [7, 11) is 0. The Bertz CT molecular complexity index is 1200. The zero-order valence-electron chi connectivity index (χ0n) is 16.5. The first-order chi connectivity index (χ1) is 14.5. The molecule has 2 aromatic heterocycles. The molecule has 0 spiro atoms. The van der Waals surface area contributed by atoms with Gasteiger partial charge in [-0.25, -0.2) is 9.78 Å². The number of rotatable bonds is 6. The smallest absolute Gasteiger partial charge is 0.347 e. The molecular weight excluding hydrogens is 390 g/mol. The summed E-state index contributed by atoms with van der Waals surface area (Å²) in [5.74, 6) is 0.687. The van der Waals surface area contributed by atoms with Gasteiger partial charge in [0.1, 0.15) is 12.3 Å². The first kappa shape index (κ1) is 19.4. The molecule has 154 valence electrons. The number of esters is 1. The van der Waals surface area contributed by atoms with E-state index in [1.807, 2.05) is 19.1 Å². The summed E-state index contributed by atoms with van der Waals surface area (Å²) in [6.45, 7) is 3.26. The lowest BCUT2D eigenvalue weighted by atomic mass is 10.1. The Morgan fingerprint density at radius 3 is 2.90 bits per heavy atom. The van der Waals surface area contributed by atoms with Crippen LogP contribution < -0.4 is 15.0 Å². The minimum absolute atomic E-state index is 0.132. The highest BCUT2D eigenvalue weighted by Gasteiger charge is 2.14. The molecule has 0 unspecified atom stereocenters. The molecule has 9 nitrogen and oxygen atoms in total. The van der Waals surface area contributed by atoms with E-state index in [0.717, 1.165) is 11.3 Å². The molecule has 0 saturated heterocycles. The van der Waals surface area contributed by atoms with Crippen LogP contribution in [0.15, 0.2) is 52.4 Å². The number of pyridine rings is 1. The topological polar surface area (TPSA) is 101 Å². The molecule has 1 aliphatic rings. The number of aromatic nitrogens is 2. The fourth-order valence-electron chi connectivity index (χ4n) is 2.99. The second kappa shape index (κ2) is 8.24. The number of carbonyl (C=O) groups excluding carboxylic acids is 1. The van der Waals surface area contributed by atoms with Gasteiger partial charge in [-0.2, -0.15) is 0 Å². The summed E-state index contributed by atoms with van der Waals surface area (Å²) in [6, 6.07) is 12.1. The van der Waals surface area contributed by atoms with Crippen molar-refractivity contribution in [1.82, 2.24) is 9.38 Å². The van der Waals surface area contributed by atoms with E-state index in [2.05, 4.69) is 10.1 Å². The lowest BCUT2D eigenvalue weighted by molar-refractivity contribution is -0.150. The molecule has 0 saturated carbocycles. The normalized spacial score (nSPS) is 12.8. The lowest BCUT2D eigenvalue weighted by Crippen LogP contribution is -2.19. The van der Waals surface area contributed by atoms with Gasteiger partial charge in [-0.1, -0.05) is 11.2 Å². The van der Waals surface area contributed by atoms with Crippen LogP contribution in [-0.2, 0) is 21.0 Å². The number of benzene rings is 1. The Kier molecular flexibility index (Phi) is 5.34. The standard InChI is InChI=1S/C21H19N3O6/c1-13-4-3-5-19-22-16(9-20(25)24(13)19)10-27-21(26)11-30-23-14(2)15-6-7-17-18(8-15)29-12-28-17/h3-9H,10-12H2,1-2H3/b23-14-. The molecule has 0 bridgehead atoms. The molecule has 0 amide bonds. The van der Waals surface area contributed by atoms with Crippen molar-refractivity contribution in [3.05, 3.63) is 69.8 Å². The van der Waals surface area contributed by atoms with Crippen LogP contribution in [0.1, 0.15) is 23.9 Å². The molecule has 9 heteroatoms. The van der Waals surface area contributed by atoms with Crippen molar-refractivity contribution in [2.75, 3.05) is 13.4 Å². The maximum absolute atomic E-state index is 12.2. The average molecular weight is 409 g/mol. The van der Waals surface area contributed by atoms with Gasteiger partial charge in [0.2, 0.25) is 13.4 Å². The van der Waals surface area contributed by atoms with Crippen LogP contribution in [0.2, 0.25) is 0 Å². The van der Waals surface area contributed by atoms with Gasteiger partial charge < -0.3 is 19.0 Å². The van der Waals surface area contributed by atoms with Crippen molar-refractivity contribution in [2.24, 2.45) is 5.16 Å². The quantitative estimate of drug-likeness (QED) is 0.350. The Hall–Kier alpha value is -3.88.